The Bertz CT molecular complexity index is 919. The van der Waals surface area contributed by atoms with Crippen LogP contribution in [-0.2, 0) is 0 Å². The van der Waals surface area contributed by atoms with E-state index in [1.165, 1.54) is 11.5 Å². The predicted octanol–water partition coefficient (Wildman–Crippen LogP) is 3.76. The van der Waals surface area contributed by atoms with E-state index in [1.54, 1.807) is 36.2 Å². The first kappa shape index (κ1) is 16.4. The van der Waals surface area contributed by atoms with Gasteiger partial charge in [-0.15, -0.1) is 0 Å². The predicted molar refractivity (Wildman–Crippen MR) is 90.8 cm³/mol. The van der Waals surface area contributed by atoms with Gasteiger partial charge in [0, 0.05) is 12.1 Å². The standard InChI is InChI=1S/C14H11ClFN5O2S/c1-21(10-4-2-7(15)6-8(10)16)11-5-3-9-12(18-11)24-14(17-9)19-13(22)20-23/h2-6,23H,1H3,(H2,17,19,20,22). The topological polar surface area (TPSA) is 90.4 Å². The number of amides is 2. The minimum absolute atomic E-state index is 0.279. The van der Waals surface area contributed by atoms with Gasteiger partial charge in [-0.2, -0.15) is 0 Å². The van der Waals surface area contributed by atoms with Gasteiger partial charge < -0.3 is 4.90 Å². The van der Waals surface area contributed by atoms with Crippen LogP contribution in [-0.4, -0.2) is 28.3 Å². The number of hydrogen-bond acceptors (Lipinski definition) is 6. The number of halogens is 2. The van der Waals surface area contributed by atoms with Crippen molar-refractivity contribution in [3.63, 3.8) is 0 Å². The van der Waals surface area contributed by atoms with E-state index in [0.29, 0.717) is 26.9 Å². The number of urea groups is 1. The van der Waals surface area contributed by atoms with Gasteiger partial charge in [-0.1, -0.05) is 22.9 Å². The fraction of sp³-hybridized carbons (Fsp3) is 0.0714. The Kier molecular flexibility index (Phi) is 4.47. The van der Waals surface area contributed by atoms with Crippen molar-refractivity contribution in [2.45, 2.75) is 0 Å². The SMILES string of the molecule is CN(c1ccc2nc(NC(=O)NO)sc2n1)c1ccc(Cl)cc1F. The number of thiazole rings is 1. The summed E-state index contributed by atoms with van der Waals surface area (Å²) in [6, 6.07) is 6.99. The van der Waals surface area contributed by atoms with Crippen LogP contribution in [0.3, 0.4) is 0 Å². The molecule has 10 heteroatoms. The second kappa shape index (κ2) is 6.56. The van der Waals surface area contributed by atoms with Crippen LogP contribution in [0.5, 0.6) is 0 Å². The molecule has 3 aromatic rings. The molecule has 3 N–H and O–H groups in total. The fourth-order valence-electron chi connectivity index (χ4n) is 2.05. The van der Waals surface area contributed by atoms with E-state index in [2.05, 4.69) is 15.3 Å². The maximum atomic E-state index is 14.0. The fourth-order valence-corrected chi connectivity index (χ4v) is 3.04. The molecule has 2 aromatic heterocycles. The molecule has 0 bridgehead atoms. The number of hydrogen-bond donors (Lipinski definition) is 3. The number of anilines is 3. The normalized spacial score (nSPS) is 10.7. The van der Waals surface area contributed by atoms with Crippen LogP contribution in [0.2, 0.25) is 5.02 Å². The van der Waals surface area contributed by atoms with Gasteiger partial charge in [0.25, 0.3) is 0 Å². The second-order valence-electron chi connectivity index (χ2n) is 4.73. The molecule has 0 saturated heterocycles. The number of fused-ring (bicyclic) bond motifs is 1. The molecule has 3 rings (SSSR count). The largest absolute Gasteiger partial charge is 0.344 e. The third-order valence-electron chi connectivity index (χ3n) is 3.18. The summed E-state index contributed by atoms with van der Waals surface area (Å²) in [5.41, 5.74) is 2.35. The zero-order valence-electron chi connectivity index (χ0n) is 12.2. The highest BCUT2D eigenvalue weighted by Crippen LogP contribution is 2.30. The molecule has 124 valence electrons. The maximum Gasteiger partial charge on any atom is 0.344 e. The lowest BCUT2D eigenvalue weighted by atomic mass is 10.2. The number of carbonyl (C=O) groups excluding carboxylic acids is 1. The Balaban J connectivity index is 1.93. The smallest absolute Gasteiger partial charge is 0.327 e. The summed E-state index contributed by atoms with van der Waals surface area (Å²) < 4.78 is 14.0. The highest BCUT2D eigenvalue weighted by molar-refractivity contribution is 7.21. The van der Waals surface area contributed by atoms with Crippen LogP contribution in [0.15, 0.2) is 30.3 Å². The third-order valence-corrected chi connectivity index (χ3v) is 4.29. The summed E-state index contributed by atoms with van der Waals surface area (Å²) in [7, 11) is 1.68. The van der Waals surface area contributed by atoms with Crippen LogP contribution < -0.4 is 15.7 Å². The summed E-state index contributed by atoms with van der Waals surface area (Å²) in [5, 5.41) is 11.5. The summed E-state index contributed by atoms with van der Waals surface area (Å²) in [6.07, 6.45) is 0. The molecule has 0 atom stereocenters. The minimum atomic E-state index is -0.797. The van der Waals surface area contributed by atoms with Crippen LogP contribution in [0, 0.1) is 5.82 Å². The van der Waals surface area contributed by atoms with E-state index in [4.69, 9.17) is 16.8 Å². The van der Waals surface area contributed by atoms with Gasteiger partial charge in [0.05, 0.1) is 5.69 Å². The number of nitrogens with one attached hydrogen (secondary N) is 2. The molecule has 0 radical (unpaired) electrons. The van der Waals surface area contributed by atoms with Crippen molar-refractivity contribution in [2.75, 3.05) is 17.3 Å². The van der Waals surface area contributed by atoms with Gasteiger partial charge in [-0.05, 0) is 30.3 Å². The molecule has 0 aliphatic carbocycles. The summed E-state index contributed by atoms with van der Waals surface area (Å²) in [5.74, 6) is 0.0451. The molecule has 0 fully saturated rings. The lowest BCUT2D eigenvalue weighted by Crippen LogP contribution is -2.24. The Labute approximate surface area is 144 Å². The van der Waals surface area contributed by atoms with Crippen molar-refractivity contribution in [2.24, 2.45) is 0 Å². The van der Waals surface area contributed by atoms with Crippen molar-refractivity contribution in [3.8, 4) is 0 Å². The Morgan fingerprint density at radius 3 is 2.83 bits per heavy atom. The average Bonchev–Trinajstić information content (AvgIpc) is 2.95. The molecule has 0 aliphatic rings. The average molecular weight is 368 g/mol. The number of benzene rings is 1. The van der Waals surface area contributed by atoms with Crippen LogP contribution in [0.25, 0.3) is 10.3 Å². The lowest BCUT2D eigenvalue weighted by molar-refractivity contribution is 0.172. The number of pyridine rings is 1. The second-order valence-corrected chi connectivity index (χ2v) is 6.15. The van der Waals surface area contributed by atoms with Crippen molar-refractivity contribution in [1.82, 2.24) is 15.4 Å². The van der Waals surface area contributed by atoms with E-state index < -0.39 is 11.8 Å². The van der Waals surface area contributed by atoms with Crippen molar-refractivity contribution < 1.29 is 14.4 Å². The Hall–Kier alpha value is -2.49. The van der Waals surface area contributed by atoms with Gasteiger partial charge in [0.1, 0.15) is 22.0 Å². The van der Waals surface area contributed by atoms with Gasteiger partial charge >= 0.3 is 6.03 Å². The summed E-state index contributed by atoms with van der Waals surface area (Å²) >= 11 is 6.89. The van der Waals surface area contributed by atoms with Crippen LogP contribution in [0.1, 0.15) is 0 Å². The molecule has 0 saturated carbocycles. The maximum absolute atomic E-state index is 14.0. The van der Waals surface area contributed by atoms with E-state index >= 15 is 0 Å². The van der Waals surface area contributed by atoms with Crippen molar-refractivity contribution >= 4 is 56.0 Å². The number of carbonyl (C=O) groups is 1. The molecule has 2 amide bonds. The van der Waals surface area contributed by atoms with Crippen molar-refractivity contribution in [3.05, 3.63) is 41.2 Å². The Morgan fingerprint density at radius 1 is 1.33 bits per heavy atom. The first-order valence-electron chi connectivity index (χ1n) is 6.65. The molecular formula is C14H11ClFN5O2S. The highest BCUT2D eigenvalue weighted by atomic mass is 35.5. The summed E-state index contributed by atoms with van der Waals surface area (Å²) in [6.45, 7) is 0. The molecule has 7 nitrogen and oxygen atoms in total. The highest BCUT2D eigenvalue weighted by Gasteiger charge is 2.14. The first-order chi connectivity index (χ1) is 11.5. The monoisotopic (exact) mass is 367 g/mol. The molecule has 0 spiro atoms. The van der Waals surface area contributed by atoms with Gasteiger partial charge in [-0.25, -0.2) is 24.6 Å². The Morgan fingerprint density at radius 2 is 2.12 bits per heavy atom. The van der Waals surface area contributed by atoms with Gasteiger partial charge in [0.15, 0.2) is 5.13 Å². The minimum Gasteiger partial charge on any atom is -0.327 e. The quantitative estimate of drug-likeness (QED) is 0.484. The van der Waals surface area contributed by atoms with Crippen LogP contribution in [0.4, 0.5) is 25.8 Å². The van der Waals surface area contributed by atoms with Crippen LogP contribution >= 0.6 is 22.9 Å². The van der Waals surface area contributed by atoms with E-state index in [1.807, 2.05) is 0 Å². The van der Waals surface area contributed by atoms with Gasteiger partial charge in [-0.3, -0.25) is 10.5 Å². The zero-order chi connectivity index (χ0) is 17.3. The molecule has 0 aliphatic heterocycles. The first-order valence-corrected chi connectivity index (χ1v) is 7.85. The molecule has 0 unspecified atom stereocenters. The lowest BCUT2D eigenvalue weighted by Gasteiger charge is -2.18. The van der Waals surface area contributed by atoms with Crippen molar-refractivity contribution in [1.29, 1.82) is 0 Å². The summed E-state index contributed by atoms with van der Waals surface area (Å²) in [4.78, 5) is 21.8. The van der Waals surface area contributed by atoms with E-state index in [0.717, 1.165) is 11.3 Å². The number of rotatable bonds is 3. The zero-order valence-corrected chi connectivity index (χ0v) is 13.8. The van der Waals surface area contributed by atoms with E-state index in [-0.39, 0.29) is 5.13 Å². The number of hydroxylamine groups is 1. The number of aromatic nitrogens is 2. The van der Waals surface area contributed by atoms with Gasteiger partial charge in [0.2, 0.25) is 0 Å². The third kappa shape index (κ3) is 3.23. The molecular weight excluding hydrogens is 357 g/mol. The molecule has 2 heterocycles. The number of nitrogens with zero attached hydrogens (tertiary/aromatic N) is 3. The molecule has 24 heavy (non-hydrogen) atoms. The molecule has 1 aromatic carbocycles. The van der Waals surface area contributed by atoms with E-state index in [9.17, 15) is 9.18 Å².